The minimum atomic E-state index is -0.351. The quantitative estimate of drug-likeness (QED) is 0.886. The summed E-state index contributed by atoms with van der Waals surface area (Å²) in [5.41, 5.74) is 4.61. The number of hydrogen-bond donors (Lipinski definition) is 1. The number of rotatable bonds is 3. The maximum atomic E-state index is 12.9. The van der Waals surface area contributed by atoms with Crippen LogP contribution in [0.2, 0.25) is 0 Å². The van der Waals surface area contributed by atoms with Crippen molar-refractivity contribution in [2.45, 2.75) is 36.8 Å². The molecule has 3 aliphatic rings. The van der Waals surface area contributed by atoms with Crippen LogP contribution in [0, 0.1) is 0 Å². The minimum Gasteiger partial charge on any atom is -0.448 e. The van der Waals surface area contributed by atoms with Gasteiger partial charge in [-0.1, -0.05) is 48.5 Å². The van der Waals surface area contributed by atoms with Crippen LogP contribution in [0.5, 0.6) is 0 Å². The van der Waals surface area contributed by atoms with Crippen LogP contribution in [0.25, 0.3) is 11.1 Å². The van der Waals surface area contributed by atoms with Gasteiger partial charge >= 0.3 is 6.09 Å². The van der Waals surface area contributed by atoms with E-state index < -0.39 is 0 Å². The Morgan fingerprint density at radius 3 is 2.32 bits per heavy atom. The van der Waals surface area contributed by atoms with Crippen LogP contribution < -0.4 is 0 Å². The molecule has 0 aromatic heterocycles. The number of fused-ring (bicyclic) bond motifs is 3. The molecular formula is C23H25NO4. The van der Waals surface area contributed by atoms with Gasteiger partial charge in [-0.25, -0.2) is 4.79 Å². The summed E-state index contributed by atoms with van der Waals surface area (Å²) in [6, 6.07) is 16.3. The molecule has 28 heavy (non-hydrogen) atoms. The molecule has 146 valence electrons. The number of nitrogens with zero attached hydrogens (tertiary/aromatic N) is 1. The van der Waals surface area contributed by atoms with Gasteiger partial charge in [-0.15, -0.1) is 0 Å². The molecule has 2 aliphatic carbocycles. The predicted molar refractivity (Wildman–Crippen MR) is 105 cm³/mol. The van der Waals surface area contributed by atoms with Gasteiger partial charge in [0.1, 0.15) is 6.61 Å². The number of ether oxygens (including phenoxy) is 2. The lowest BCUT2D eigenvalue weighted by molar-refractivity contribution is -0.169. The average molecular weight is 379 g/mol. The fourth-order valence-electron chi connectivity index (χ4n) is 4.76. The van der Waals surface area contributed by atoms with E-state index in [0.29, 0.717) is 19.8 Å². The molecule has 1 saturated carbocycles. The third-order valence-electron chi connectivity index (χ3n) is 6.53. The molecule has 1 N–H and O–H groups in total. The predicted octanol–water partition coefficient (Wildman–Crippen LogP) is 3.55. The number of carbonyl (C=O) groups excluding carboxylic acids is 1. The lowest BCUT2D eigenvalue weighted by atomic mass is 9.78. The molecule has 1 saturated heterocycles. The third-order valence-corrected chi connectivity index (χ3v) is 6.53. The van der Waals surface area contributed by atoms with Crippen LogP contribution in [-0.2, 0) is 9.47 Å². The number of hydrogen-bond acceptors (Lipinski definition) is 4. The van der Waals surface area contributed by atoms with E-state index in [9.17, 15) is 9.90 Å². The zero-order chi connectivity index (χ0) is 19.1. The maximum Gasteiger partial charge on any atom is 0.410 e. The number of benzene rings is 2. The van der Waals surface area contributed by atoms with Gasteiger partial charge in [-0.2, -0.15) is 0 Å². The molecule has 5 heteroatoms. The van der Waals surface area contributed by atoms with E-state index in [-0.39, 0.29) is 30.3 Å². The van der Waals surface area contributed by atoms with Crippen LogP contribution in [0.15, 0.2) is 48.5 Å². The summed E-state index contributed by atoms with van der Waals surface area (Å²) in [7, 11) is 0. The molecule has 2 fully saturated rings. The van der Waals surface area contributed by atoms with Gasteiger partial charge < -0.3 is 14.6 Å². The fraction of sp³-hybridized carbons (Fsp3) is 0.435. The van der Waals surface area contributed by atoms with E-state index in [4.69, 9.17) is 9.47 Å². The van der Waals surface area contributed by atoms with Gasteiger partial charge in [0.15, 0.2) is 0 Å². The Kier molecular flexibility index (Phi) is 4.37. The lowest BCUT2D eigenvalue weighted by Gasteiger charge is -2.50. The monoisotopic (exact) mass is 379 g/mol. The van der Waals surface area contributed by atoms with E-state index in [2.05, 4.69) is 24.3 Å². The minimum absolute atomic E-state index is 0.0441. The second kappa shape index (κ2) is 6.90. The first-order chi connectivity index (χ1) is 13.7. The van der Waals surface area contributed by atoms with Gasteiger partial charge in [0.05, 0.1) is 31.4 Å². The first-order valence-electron chi connectivity index (χ1n) is 10.1. The van der Waals surface area contributed by atoms with Gasteiger partial charge in [0.2, 0.25) is 0 Å². The standard InChI is InChI=1S/C23H25NO4/c25-12-16-13-28-23(10-5-11-23)15-24(16)22(26)27-14-21-19-8-3-1-6-17(19)18-7-2-4-9-20(18)21/h1-4,6-9,16,21,25H,5,10-15H2. The van der Waals surface area contributed by atoms with Crippen molar-refractivity contribution in [2.24, 2.45) is 0 Å². The summed E-state index contributed by atoms with van der Waals surface area (Å²) < 4.78 is 11.7. The highest BCUT2D eigenvalue weighted by molar-refractivity contribution is 5.79. The van der Waals surface area contributed by atoms with Crippen molar-refractivity contribution in [1.82, 2.24) is 4.90 Å². The molecule has 1 spiro atoms. The van der Waals surface area contributed by atoms with E-state index in [0.717, 1.165) is 19.3 Å². The lowest BCUT2D eigenvalue weighted by Crippen LogP contribution is -2.62. The van der Waals surface area contributed by atoms with Crippen molar-refractivity contribution in [3.63, 3.8) is 0 Å². The fourth-order valence-corrected chi connectivity index (χ4v) is 4.76. The summed E-state index contributed by atoms with van der Waals surface area (Å²) in [4.78, 5) is 14.6. The topological polar surface area (TPSA) is 59.0 Å². The largest absolute Gasteiger partial charge is 0.448 e. The Balaban J connectivity index is 1.34. The molecule has 1 aliphatic heterocycles. The molecule has 1 unspecified atom stereocenters. The number of aliphatic hydroxyl groups is 1. The Bertz CT molecular complexity index is 846. The molecule has 2 aromatic rings. The molecule has 2 aromatic carbocycles. The highest BCUT2D eigenvalue weighted by Gasteiger charge is 2.47. The molecule has 0 bridgehead atoms. The second-order valence-electron chi connectivity index (χ2n) is 8.12. The van der Waals surface area contributed by atoms with Gasteiger partial charge in [0.25, 0.3) is 0 Å². The van der Waals surface area contributed by atoms with Gasteiger partial charge in [0, 0.05) is 5.92 Å². The molecular weight excluding hydrogens is 354 g/mol. The molecule has 5 rings (SSSR count). The van der Waals surface area contributed by atoms with Crippen molar-refractivity contribution >= 4 is 6.09 Å². The summed E-state index contributed by atoms with van der Waals surface area (Å²) in [6.07, 6.45) is 2.72. The molecule has 1 amide bonds. The molecule has 0 radical (unpaired) electrons. The number of aliphatic hydroxyl groups excluding tert-OH is 1. The Hall–Kier alpha value is -2.37. The highest BCUT2D eigenvalue weighted by Crippen LogP contribution is 2.45. The van der Waals surface area contributed by atoms with Crippen LogP contribution in [0.3, 0.4) is 0 Å². The maximum absolute atomic E-state index is 12.9. The van der Waals surface area contributed by atoms with E-state index in [1.165, 1.54) is 22.3 Å². The Labute approximate surface area is 164 Å². The first kappa shape index (κ1) is 17.7. The Morgan fingerprint density at radius 1 is 1.11 bits per heavy atom. The normalized spacial score (nSPS) is 22.5. The van der Waals surface area contributed by atoms with Gasteiger partial charge in [-0.3, -0.25) is 4.90 Å². The van der Waals surface area contributed by atoms with Crippen LogP contribution in [-0.4, -0.2) is 54.1 Å². The summed E-state index contributed by atoms with van der Waals surface area (Å²) in [6.45, 7) is 1.07. The van der Waals surface area contributed by atoms with Gasteiger partial charge in [-0.05, 0) is 41.5 Å². The van der Waals surface area contributed by atoms with E-state index in [1.807, 2.05) is 24.3 Å². The number of morpholine rings is 1. The summed E-state index contributed by atoms with van der Waals surface area (Å²) >= 11 is 0. The van der Waals surface area contributed by atoms with Crippen molar-refractivity contribution in [3.05, 3.63) is 59.7 Å². The SMILES string of the molecule is O=C(OCC1c2ccccc2-c2ccccc21)N1CC2(CCC2)OCC1CO. The summed E-state index contributed by atoms with van der Waals surface area (Å²) in [5, 5.41) is 9.68. The van der Waals surface area contributed by atoms with Crippen molar-refractivity contribution in [1.29, 1.82) is 0 Å². The number of carbonyl (C=O) groups is 1. The van der Waals surface area contributed by atoms with Crippen molar-refractivity contribution < 1.29 is 19.4 Å². The van der Waals surface area contributed by atoms with Crippen LogP contribution >= 0.6 is 0 Å². The third kappa shape index (κ3) is 2.81. The van der Waals surface area contributed by atoms with Crippen LogP contribution in [0.1, 0.15) is 36.3 Å². The molecule has 1 heterocycles. The van der Waals surface area contributed by atoms with Crippen molar-refractivity contribution in [2.75, 3.05) is 26.4 Å². The number of amides is 1. The first-order valence-corrected chi connectivity index (χ1v) is 10.1. The smallest absolute Gasteiger partial charge is 0.410 e. The Morgan fingerprint density at radius 2 is 1.75 bits per heavy atom. The second-order valence-corrected chi connectivity index (χ2v) is 8.12. The van der Waals surface area contributed by atoms with Crippen LogP contribution in [0.4, 0.5) is 4.79 Å². The van der Waals surface area contributed by atoms with E-state index in [1.54, 1.807) is 4.90 Å². The van der Waals surface area contributed by atoms with E-state index >= 15 is 0 Å². The zero-order valence-electron chi connectivity index (χ0n) is 15.8. The zero-order valence-corrected chi connectivity index (χ0v) is 15.8. The molecule has 1 atom stereocenters. The highest BCUT2D eigenvalue weighted by atomic mass is 16.6. The molecule has 5 nitrogen and oxygen atoms in total. The summed E-state index contributed by atoms with van der Waals surface area (Å²) in [5.74, 6) is 0.0441. The average Bonchev–Trinajstić information content (AvgIpc) is 3.04. The van der Waals surface area contributed by atoms with Crippen molar-refractivity contribution in [3.8, 4) is 11.1 Å².